The van der Waals surface area contributed by atoms with E-state index in [4.69, 9.17) is 4.74 Å². The van der Waals surface area contributed by atoms with Gasteiger partial charge in [0.2, 0.25) is 0 Å². The molecule has 4 heteroatoms. The van der Waals surface area contributed by atoms with Crippen LogP contribution in [-0.2, 0) is 4.74 Å². The van der Waals surface area contributed by atoms with E-state index < -0.39 is 0 Å². The Morgan fingerprint density at radius 2 is 2.25 bits per heavy atom. The molecule has 0 unspecified atom stereocenters. The van der Waals surface area contributed by atoms with E-state index in [9.17, 15) is 4.79 Å². The summed E-state index contributed by atoms with van der Waals surface area (Å²) in [6, 6.07) is 3.44. The molecule has 0 aliphatic carbocycles. The first-order valence-electron chi connectivity index (χ1n) is 3.51. The van der Waals surface area contributed by atoms with Crippen LogP contribution in [0.1, 0.15) is 23.1 Å². The summed E-state index contributed by atoms with van der Waals surface area (Å²) in [4.78, 5) is 14.9. The zero-order valence-corrected chi connectivity index (χ0v) is 9.63. The maximum absolute atomic E-state index is 11.0. The van der Waals surface area contributed by atoms with E-state index in [2.05, 4.69) is 4.98 Å². The fourth-order valence-electron chi connectivity index (χ4n) is 0.783. The first kappa shape index (κ1) is 11.8. The standard InChI is InChI=1S/C8H11NO2.Na/c1-3-11-8(10)7-5-4-6(2)9-7;/h4-5H,3H2,1-2H3,(H,9,10);/q;+1/p-1. The predicted molar refractivity (Wildman–Crippen MR) is 40.5 cm³/mol. The van der Waals surface area contributed by atoms with Crippen molar-refractivity contribution in [2.75, 3.05) is 6.61 Å². The molecule has 3 nitrogen and oxygen atoms in total. The number of carbonyl (C=O) groups is 1. The first-order valence-corrected chi connectivity index (χ1v) is 3.51. The molecule has 0 fully saturated rings. The Bertz CT molecular complexity index is 257. The number of carbonyl (C=O) groups excluding carboxylic acids is 1. The van der Waals surface area contributed by atoms with Gasteiger partial charge in [-0.25, -0.2) is 4.79 Å². The molecule has 1 aromatic heterocycles. The van der Waals surface area contributed by atoms with Crippen LogP contribution in [0.25, 0.3) is 0 Å². The molecule has 1 aromatic rings. The van der Waals surface area contributed by atoms with Gasteiger partial charge in [-0.1, -0.05) is 19.1 Å². The molecule has 0 amide bonds. The van der Waals surface area contributed by atoms with Gasteiger partial charge in [0.15, 0.2) is 0 Å². The number of hydrogen-bond acceptors (Lipinski definition) is 2. The molecule has 0 atom stereocenters. The Kier molecular flexibility index (Phi) is 5.29. The summed E-state index contributed by atoms with van der Waals surface area (Å²) < 4.78 is 4.74. The van der Waals surface area contributed by atoms with Gasteiger partial charge in [0.25, 0.3) is 0 Å². The van der Waals surface area contributed by atoms with Crippen LogP contribution in [0.15, 0.2) is 12.1 Å². The fourth-order valence-corrected chi connectivity index (χ4v) is 0.783. The topological polar surface area (TPSA) is 40.4 Å². The largest absolute Gasteiger partial charge is 1.00 e. The third-order valence-electron chi connectivity index (χ3n) is 1.26. The van der Waals surface area contributed by atoms with Crippen molar-refractivity contribution in [3.05, 3.63) is 23.5 Å². The zero-order chi connectivity index (χ0) is 8.27. The van der Waals surface area contributed by atoms with Crippen molar-refractivity contribution in [1.82, 2.24) is 4.98 Å². The maximum Gasteiger partial charge on any atom is 1.00 e. The van der Waals surface area contributed by atoms with Crippen LogP contribution >= 0.6 is 0 Å². The van der Waals surface area contributed by atoms with Gasteiger partial charge in [0.1, 0.15) is 0 Å². The van der Waals surface area contributed by atoms with Gasteiger partial charge >= 0.3 is 35.5 Å². The van der Waals surface area contributed by atoms with E-state index in [0.29, 0.717) is 12.3 Å². The number of esters is 1. The van der Waals surface area contributed by atoms with E-state index in [0.717, 1.165) is 5.69 Å². The van der Waals surface area contributed by atoms with Crippen molar-refractivity contribution in [3.8, 4) is 0 Å². The summed E-state index contributed by atoms with van der Waals surface area (Å²) in [6.07, 6.45) is 0. The van der Waals surface area contributed by atoms with Gasteiger partial charge in [-0.3, -0.25) is 0 Å². The van der Waals surface area contributed by atoms with Crippen LogP contribution in [-0.4, -0.2) is 12.6 Å². The Balaban J connectivity index is 0.00000121. The Labute approximate surface area is 93.8 Å². The van der Waals surface area contributed by atoms with E-state index in [1.54, 1.807) is 19.1 Å². The second kappa shape index (κ2) is 5.41. The van der Waals surface area contributed by atoms with Crippen molar-refractivity contribution in [3.63, 3.8) is 0 Å². The Morgan fingerprint density at radius 3 is 2.67 bits per heavy atom. The third kappa shape index (κ3) is 3.01. The molecule has 0 saturated heterocycles. The molecule has 60 valence electrons. The van der Waals surface area contributed by atoms with Crippen molar-refractivity contribution < 1.29 is 39.1 Å². The van der Waals surface area contributed by atoms with E-state index >= 15 is 0 Å². The van der Waals surface area contributed by atoms with E-state index in [-0.39, 0.29) is 35.5 Å². The molecule has 0 aliphatic heterocycles. The fraction of sp³-hybridized carbons (Fsp3) is 0.375. The van der Waals surface area contributed by atoms with Crippen LogP contribution in [0.4, 0.5) is 0 Å². The number of aryl methyl sites for hydroxylation is 1. The number of ether oxygens (including phenoxy) is 1. The Hall–Kier alpha value is -0.250. The second-order valence-corrected chi connectivity index (χ2v) is 2.19. The van der Waals surface area contributed by atoms with Gasteiger partial charge in [-0.15, -0.1) is 0 Å². The Morgan fingerprint density at radius 1 is 1.58 bits per heavy atom. The summed E-state index contributed by atoms with van der Waals surface area (Å²) in [5, 5.41) is 0. The monoisotopic (exact) mass is 175 g/mol. The summed E-state index contributed by atoms with van der Waals surface area (Å²) in [5.41, 5.74) is 1.23. The second-order valence-electron chi connectivity index (χ2n) is 2.19. The molecule has 1 rings (SSSR count). The molecular weight excluding hydrogens is 165 g/mol. The molecule has 0 radical (unpaired) electrons. The van der Waals surface area contributed by atoms with Gasteiger partial charge < -0.3 is 9.72 Å². The summed E-state index contributed by atoms with van der Waals surface area (Å²) in [7, 11) is 0. The minimum atomic E-state index is -0.347. The predicted octanol–water partition coefficient (Wildman–Crippen LogP) is -1.87. The quantitative estimate of drug-likeness (QED) is 0.390. The van der Waals surface area contributed by atoms with Crippen LogP contribution in [0.5, 0.6) is 0 Å². The molecule has 0 N–H and O–H groups in total. The number of rotatable bonds is 2. The zero-order valence-electron chi connectivity index (χ0n) is 7.63. The first-order chi connectivity index (χ1) is 5.24. The third-order valence-corrected chi connectivity index (χ3v) is 1.26. The van der Waals surface area contributed by atoms with E-state index in [1.807, 2.05) is 6.92 Å². The molecule has 0 spiro atoms. The molecule has 1 heterocycles. The average Bonchev–Trinajstić information content (AvgIpc) is 2.36. The minimum Gasteiger partial charge on any atom is -0.656 e. The normalized spacial score (nSPS) is 8.83. The van der Waals surface area contributed by atoms with Crippen LogP contribution < -0.4 is 34.5 Å². The smallest absolute Gasteiger partial charge is 0.656 e. The summed E-state index contributed by atoms with van der Waals surface area (Å²) in [6.45, 7) is 4.00. The SMILES string of the molecule is CCOC(=O)c1ccc(C)[n-]1.[Na+]. The van der Waals surface area contributed by atoms with Crippen LogP contribution in [0.3, 0.4) is 0 Å². The molecule has 0 aromatic carbocycles. The van der Waals surface area contributed by atoms with Crippen LogP contribution in [0.2, 0.25) is 0 Å². The van der Waals surface area contributed by atoms with Crippen molar-refractivity contribution in [2.24, 2.45) is 0 Å². The molecule has 0 bridgehead atoms. The van der Waals surface area contributed by atoms with Gasteiger partial charge in [0.05, 0.1) is 6.61 Å². The number of nitrogens with zero attached hydrogens (tertiary/aromatic N) is 1. The molecular formula is C8H10NNaO2. The number of hydrogen-bond donors (Lipinski definition) is 0. The van der Waals surface area contributed by atoms with Crippen LogP contribution in [0, 0.1) is 6.92 Å². The molecule has 12 heavy (non-hydrogen) atoms. The van der Waals surface area contributed by atoms with Gasteiger partial charge in [-0.05, 0) is 12.6 Å². The van der Waals surface area contributed by atoms with Crippen molar-refractivity contribution >= 4 is 5.97 Å². The average molecular weight is 175 g/mol. The van der Waals surface area contributed by atoms with E-state index in [1.165, 1.54) is 0 Å². The van der Waals surface area contributed by atoms with Crippen molar-refractivity contribution in [2.45, 2.75) is 13.8 Å². The summed E-state index contributed by atoms with van der Waals surface area (Å²) in [5.74, 6) is -0.347. The number of aromatic nitrogens is 1. The van der Waals surface area contributed by atoms with Gasteiger partial charge in [-0.2, -0.15) is 5.69 Å². The maximum atomic E-state index is 11.0. The molecule has 0 saturated carbocycles. The van der Waals surface area contributed by atoms with Crippen molar-refractivity contribution in [1.29, 1.82) is 0 Å². The minimum absolute atomic E-state index is 0. The summed E-state index contributed by atoms with van der Waals surface area (Å²) >= 11 is 0. The van der Waals surface area contributed by atoms with Gasteiger partial charge in [0, 0.05) is 0 Å². The molecule has 0 aliphatic rings.